The fraction of sp³-hybridized carbons (Fsp3) is 0.125. The second-order valence-corrected chi connectivity index (χ2v) is 1.95. The number of aldehydes is 1. The fourth-order valence-electron chi connectivity index (χ4n) is 0.525. The highest BCUT2D eigenvalue weighted by Gasteiger charge is 1.91. The van der Waals surface area contributed by atoms with Crippen molar-refractivity contribution < 1.29 is 14.3 Å². The third-order valence-electron chi connectivity index (χ3n) is 1.11. The maximum atomic E-state index is 10.1. The Morgan fingerprint density at radius 1 is 1.54 bits per heavy atom. The van der Waals surface area contributed by atoms with Crippen LogP contribution in [-0.4, -0.2) is 24.9 Å². The van der Waals surface area contributed by atoms with Gasteiger partial charge in [0.2, 0.25) is 0 Å². The van der Waals surface area contributed by atoms with Gasteiger partial charge in [-0.15, -0.1) is 0 Å². The first-order chi connectivity index (χ1) is 6.26. The summed E-state index contributed by atoms with van der Waals surface area (Å²) < 4.78 is 3.86. The number of hydrogen-bond donors (Lipinski definition) is 1. The molecular formula is C8H10N2O3. The monoisotopic (exact) mass is 182 g/mol. The van der Waals surface area contributed by atoms with Gasteiger partial charge in [0.1, 0.15) is 0 Å². The zero-order valence-electron chi connectivity index (χ0n) is 7.14. The Bertz CT molecular complexity index is 276. The van der Waals surface area contributed by atoms with E-state index in [1.807, 2.05) is 0 Å². The molecule has 0 aliphatic heterocycles. The van der Waals surface area contributed by atoms with Crippen molar-refractivity contribution in [2.45, 2.75) is 0 Å². The maximum Gasteiger partial charge on any atom is 0.292 e. The predicted octanol–water partition coefficient (Wildman–Crippen LogP) is 0.265. The topological polar surface area (TPSA) is 82.3 Å². The summed E-state index contributed by atoms with van der Waals surface area (Å²) in [7, 11) is 1.31. The molecule has 5 nitrogen and oxygen atoms in total. The van der Waals surface area contributed by atoms with Gasteiger partial charge in [-0.1, -0.05) is 0 Å². The van der Waals surface area contributed by atoms with Crippen molar-refractivity contribution >= 4 is 18.4 Å². The number of ether oxygens (including phenoxy) is 1. The highest BCUT2D eigenvalue weighted by molar-refractivity contribution is 5.82. The quantitative estimate of drug-likeness (QED) is 0.663. The van der Waals surface area contributed by atoms with E-state index in [0.717, 1.165) is 0 Å². The number of carbonyl (C=O) groups is 2. The lowest BCUT2D eigenvalue weighted by Gasteiger charge is -1.92. The molecule has 1 aromatic heterocycles. The summed E-state index contributed by atoms with van der Waals surface area (Å²) in [5.74, 6) is 0. The molecule has 1 aromatic rings. The molecule has 1 rings (SSSR count). The van der Waals surface area contributed by atoms with Crippen LogP contribution in [0.5, 0.6) is 0 Å². The molecule has 0 aromatic carbocycles. The van der Waals surface area contributed by atoms with Crippen LogP contribution in [0.2, 0.25) is 0 Å². The van der Waals surface area contributed by atoms with Crippen molar-refractivity contribution in [1.82, 2.24) is 4.98 Å². The number of carbonyl (C=O) groups excluding carboxylic acids is 2. The zero-order valence-corrected chi connectivity index (χ0v) is 7.14. The molecule has 0 bridgehead atoms. The first kappa shape index (κ1) is 11.1. The molecule has 70 valence electrons. The average molecular weight is 182 g/mol. The molecule has 0 amide bonds. The molecule has 0 unspecified atom stereocenters. The Morgan fingerprint density at radius 3 is 2.46 bits per heavy atom. The van der Waals surface area contributed by atoms with Crippen molar-refractivity contribution in [2.24, 2.45) is 0 Å². The number of nitrogen functional groups attached to an aromatic ring is 1. The molecule has 0 aliphatic carbocycles. The van der Waals surface area contributed by atoms with Crippen molar-refractivity contribution in [3.05, 3.63) is 24.0 Å². The molecular weight excluding hydrogens is 172 g/mol. The summed E-state index contributed by atoms with van der Waals surface area (Å²) in [6.45, 7) is 0.375. The molecule has 0 saturated heterocycles. The Labute approximate surface area is 75.5 Å². The van der Waals surface area contributed by atoms with E-state index in [0.29, 0.717) is 24.0 Å². The van der Waals surface area contributed by atoms with E-state index in [-0.39, 0.29) is 0 Å². The second-order valence-electron chi connectivity index (χ2n) is 1.95. The Balaban J connectivity index is 0.000000310. The molecule has 13 heavy (non-hydrogen) atoms. The lowest BCUT2D eigenvalue weighted by molar-refractivity contribution is -0.126. The minimum atomic E-state index is 0.375. The van der Waals surface area contributed by atoms with Gasteiger partial charge in [-0.2, -0.15) is 0 Å². The Kier molecular flexibility index (Phi) is 5.78. The summed E-state index contributed by atoms with van der Waals surface area (Å²) in [4.78, 5) is 22.8. The molecule has 0 aliphatic rings. The highest BCUT2D eigenvalue weighted by Crippen LogP contribution is 2.03. The number of rotatable bonds is 2. The fourth-order valence-corrected chi connectivity index (χ4v) is 0.525. The van der Waals surface area contributed by atoms with Crippen LogP contribution in [0.4, 0.5) is 5.69 Å². The van der Waals surface area contributed by atoms with Gasteiger partial charge in [-0.25, -0.2) is 0 Å². The van der Waals surface area contributed by atoms with E-state index in [4.69, 9.17) is 10.5 Å². The van der Waals surface area contributed by atoms with Gasteiger partial charge < -0.3 is 10.5 Å². The van der Waals surface area contributed by atoms with Crippen LogP contribution < -0.4 is 5.73 Å². The van der Waals surface area contributed by atoms with E-state index in [1.165, 1.54) is 19.5 Å². The van der Waals surface area contributed by atoms with Gasteiger partial charge in [0.25, 0.3) is 6.47 Å². The highest BCUT2D eigenvalue weighted by atomic mass is 16.5. The van der Waals surface area contributed by atoms with Crippen molar-refractivity contribution in [1.29, 1.82) is 0 Å². The number of hydrogen-bond acceptors (Lipinski definition) is 5. The number of nitrogens with zero attached hydrogens (tertiary/aromatic N) is 1. The second kappa shape index (κ2) is 6.78. The first-order valence-electron chi connectivity index (χ1n) is 3.37. The van der Waals surface area contributed by atoms with Gasteiger partial charge in [0.05, 0.1) is 19.0 Å². The van der Waals surface area contributed by atoms with Gasteiger partial charge in [-0.05, 0) is 6.07 Å². The van der Waals surface area contributed by atoms with Crippen molar-refractivity contribution in [3.8, 4) is 0 Å². The molecule has 0 radical (unpaired) electrons. The van der Waals surface area contributed by atoms with Crippen LogP contribution in [0, 0.1) is 0 Å². The van der Waals surface area contributed by atoms with Crippen LogP contribution >= 0.6 is 0 Å². The maximum absolute atomic E-state index is 10.1. The summed E-state index contributed by atoms with van der Waals surface area (Å²) in [6, 6.07) is 1.57. The summed E-state index contributed by atoms with van der Waals surface area (Å²) in [5.41, 5.74) is 6.25. The number of nitrogens with two attached hydrogens (primary N) is 1. The van der Waals surface area contributed by atoms with Gasteiger partial charge in [0, 0.05) is 11.8 Å². The van der Waals surface area contributed by atoms with Gasteiger partial charge in [0.15, 0.2) is 6.29 Å². The Hall–Kier alpha value is -1.91. The van der Waals surface area contributed by atoms with E-state index >= 15 is 0 Å². The average Bonchev–Trinajstić information content (AvgIpc) is 2.19. The van der Waals surface area contributed by atoms with Crippen LogP contribution in [0.25, 0.3) is 0 Å². The Morgan fingerprint density at radius 2 is 2.15 bits per heavy atom. The van der Waals surface area contributed by atoms with Crippen LogP contribution in [0.3, 0.4) is 0 Å². The number of aromatic nitrogens is 1. The van der Waals surface area contributed by atoms with E-state index in [2.05, 4.69) is 9.72 Å². The summed E-state index contributed by atoms with van der Waals surface area (Å²) in [6.07, 6.45) is 3.68. The number of pyridine rings is 1. The number of methoxy groups -OCH3 is 1. The molecule has 0 fully saturated rings. The third kappa shape index (κ3) is 4.52. The molecule has 5 heteroatoms. The normalized spacial score (nSPS) is 7.77. The number of anilines is 1. The molecule has 1 heterocycles. The van der Waals surface area contributed by atoms with Crippen LogP contribution in [0.1, 0.15) is 10.4 Å². The van der Waals surface area contributed by atoms with Crippen LogP contribution in [-0.2, 0) is 9.53 Å². The lowest BCUT2D eigenvalue weighted by Crippen LogP contribution is -1.92. The smallest absolute Gasteiger partial charge is 0.292 e. The van der Waals surface area contributed by atoms with Crippen molar-refractivity contribution in [3.63, 3.8) is 0 Å². The third-order valence-corrected chi connectivity index (χ3v) is 1.11. The largest absolute Gasteiger partial charge is 0.471 e. The zero-order chi connectivity index (χ0) is 10.1. The van der Waals surface area contributed by atoms with Gasteiger partial charge in [-0.3, -0.25) is 14.6 Å². The first-order valence-corrected chi connectivity index (χ1v) is 3.37. The standard InChI is InChI=1S/C6H6N2O.C2H4O2/c7-6-3-8-2-1-5(6)4-9;1-4-2-3/h1-4H,7H2;2H,1H3. The van der Waals surface area contributed by atoms with Gasteiger partial charge >= 0.3 is 0 Å². The van der Waals surface area contributed by atoms with E-state index < -0.39 is 0 Å². The molecule has 0 atom stereocenters. The lowest BCUT2D eigenvalue weighted by atomic mass is 10.2. The molecule has 2 N–H and O–H groups in total. The van der Waals surface area contributed by atoms with E-state index in [9.17, 15) is 4.79 Å². The van der Waals surface area contributed by atoms with Crippen molar-refractivity contribution in [2.75, 3.05) is 12.8 Å². The summed E-state index contributed by atoms with van der Waals surface area (Å²) >= 11 is 0. The SMILES string of the molecule is COC=O.Nc1cnccc1C=O. The minimum Gasteiger partial charge on any atom is -0.471 e. The molecule has 0 saturated carbocycles. The van der Waals surface area contributed by atoms with E-state index in [1.54, 1.807) is 6.07 Å². The van der Waals surface area contributed by atoms with Crippen LogP contribution in [0.15, 0.2) is 18.5 Å². The predicted molar refractivity (Wildman–Crippen MR) is 47.1 cm³/mol. The summed E-state index contributed by atoms with van der Waals surface area (Å²) in [5, 5.41) is 0. The molecule has 0 spiro atoms. The minimum absolute atomic E-state index is 0.375.